The highest BCUT2D eigenvalue weighted by Crippen LogP contribution is 2.14. The molecular weight excluding hydrogens is 301 g/mol. The normalized spacial score (nSPS) is 10.6. The van der Waals surface area contributed by atoms with E-state index in [-0.39, 0.29) is 18.1 Å². The average molecular weight is 319 g/mol. The second-order valence-electron chi connectivity index (χ2n) is 5.31. The van der Waals surface area contributed by atoms with E-state index in [0.29, 0.717) is 29.9 Å². The molecule has 122 valence electrons. The lowest BCUT2D eigenvalue weighted by Crippen LogP contribution is -2.29. The summed E-state index contributed by atoms with van der Waals surface area (Å²) in [5.74, 6) is -1.50. The van der Waals surface area contributed by atoms with E-state index in [2.05, 4.69) is 5.10 Å². The van der Waals surface area contributed by atoms with Crippen molar-refractivity contribution < 1.29 is 19.1 Å². The van der Waals surface area contributed by atoms with Crippen LogP contribution in [0.1, 0.15) is 28.9 Å². The fourth-order valence-corrected chi connectivity index (χ4v) is 2.15. The molecule has 7 heteroatoms. The van der Waals surface area contributed by atoms with Crippen molar-refractivity contribution in [1.29, 1.82) is 0 Å². The smallest absolute Gasteiger partial charge is 0.303 e. The number of carbonyl (C=O) groups is 2. The fraction of sp³-hybridized carbons (Fsp3) is 0.312. The van der Waals surface area contributed by atoms with E-state index in [1.165, 1.54) is 21.7 Å². The van der Waals surface area contributed by atoms with Crippen LogP contribution in [0, 0.1) is 12.7 Å². The van der Waals surface area contributed by atoms with Gasteiger partial charge in [-0.25, -0.2) is 9.07 Å². The lowest BCUT2D eigenvalue weighted by molar-refractivity contribution is -0.137. The molecule has 2 rings (SSSR count). The lowest BCUT2D eigenvalue weighted by atomic mass is 10.2. The maximum absolute atomic E-state index is 13.0. The predicted molar refractivity (Wildman–Crippen MR) is 82.1 cm³/mol. The van der Waals surface area contributed by atoms with Crippen molar-refractivity contribution in [3.05, 3.63) is 47.5 Å². The van der Waals surface area contributed by atoms with E-state index in [4.69, 9.17) is 5.11 Å². The number of amides is 1. The molecule has 0 aliphatic rings. The quantitative estimate of drug-likeness (QED) is 0.886. The van der Waals surface area contributed by atoms with Crippen molar-refractivity contribution in [2.75, 3.05) is 13.6 Å². The zero-order valence-corrected chi connectivity index (χ0v) is 13.0. The number of aliphatic carboxylic acids is 1. The summed E-state index contributed by atoms with van der Waals surface area (Å²) in [5, 5.41) is 12.9. The zero-order valence-electron chi connectivity index (χ0n) is 13.0. The molecule has 0 unspecified atom stereocenters. The van der Waals surface area contributed by atoms with E-state index in [0.717, 1.165) is 0 Å². The molecule has 1 heterocycles. The minimum Gasteiger partial charge on any atom is -0.481 e. The van der Waals surface area contributed by atoms with Crippen LogP contribution in [0.15, 0.2) is 30.5 Å². The van der Waals surface area contributed by atoms with Crippen molar-refractivity contribution in [1.82, 2.24) is 14.7 Å². The Morgan fingerprint density at radius 1 is 1.30 bits per heavy atom. The SMILES string of the molecule is Cc1cn(-c2ccc(F)cc2)nc1C(=O)N(C)CCCC(=O)O. The Kier molecular flexibility index (Phi) is 5.10. The van der Waals surface area contributed by atoms with Gasteiger partial charge in [-0.3, -0.25) is 9.59 Å². The number of hydrogen-bond acceptors (Lipinski definition) is 3. The van der Waals surface area contributed by atoms with Crippen LogP contribution in [0.5, 0.6) is 0 Å². The monoisotopic (exact) mass is 319 g/mol. The molecule has 0 aliphatic heterocycles. The average Bonchev–Trinajstić information content (AvgIpc) is 2.88. The Labute approximate surface area is 133 Å². The van der Waals surface area contributed by atoms with Gasteiger partial charge in [0.1, 0.15) is 5.82 Å². The number of aryl methyl sites for hydroxylation is 1. The highest BCUT2D eigenvalue weighted by Gasteiger charge is 2.18. The molecule has 2 aromatic rings. The number of hydrogen-bond donors (Lipinski definition) is 1. The molecule has 6 nitrogen and oxygen atoms in total. The second-order valence-corrected chi connectivity index (χ2v) is 5.31. The molecule has 0 radical (unpaired) electrons. The Hall–Kier alpha value is -2.70. The van der Waals surface area contributed by atoms with Gasteiger partial charge in [0.15, 0.2) is 5.69 Å². The van der Waals surface area contributed by atoms with Crippen LogP contribution in [-0.2, 0) is 4.79 Å². The van der Waals surface area contributed by atoms with E-state index in [1.807, 2.05) is 0 Å². The number of carbonyl (C=O) groups excluding carboxylic acids is 1. The topological polar surface area (TPSA) is 75.4 Å². The minimum atomic E-state index is -0.886. The Balaban J connectivity index is 2.12. The van der Waals surface area contributed by atoms with Gasteiger partial charge in [-0.2, -0.15) is 5.10 Å². The van der Waals surface area contributed by atoms with Crippen molar-refractivity contribution >= 4 is 11.9 Å². The molecule has 23 heavy (non-hydrogen) atoms. The first-order chi connectivity index (χ1) is 10.9. The predicted octanol–water partition coefficient (Wildman–Crippen LogP) is 2.26. The summed E-state index contributed by atoms with van der Waals surface area (Å²) in [5.41, 5.74) is 1.65. The molecule has 1 aromatic carbocycles. The first-order valence-electron chi connectivity index (χ1n) is 7.18. The Morgan fingerprint density at radius 3 is 2.57 bits per heavy atom. The maximum Gasteiger partial charge on any atom is 0.303 e. The number of rotatable bonds is 6. The molecule has 0 aliphatic carbocycles. The van der Waals surface area contributed by atoms with Crippen LogP contribution in [0.2, 0.25) is 0 Å². The van der Waals surface area contributed by atoms with E-state index in [9.17, 15) is 14.0 Å². The van der Waals surface area contributed by atoms with Crippen LogP contribution in [0.4, 0.5) is 4.39 Å². The van der Waals surface area contributed by atoms with Gasteiger partial charge in [0.05, 0.1) is 5.69 Å². The highest BCUT2D eigenvalue weighted by molar-refractivity contribution is 5.93. The Bertz CT molecular complexity index is 710. The highest BCUT2D eigenvalue weighted by atomic mass is 19.1. The van der Waals surface area contributed by atoms with Crippen LogP contribution < -0.4 is 0 Å². The van der Waals surface area contributed by atoms with Gasteiger partial charge in [-0.15, -0.1) is 0 Å². The van der Waals surface area contributed by atoms with Crippen LogP contribution in [0.25, 0.3) is 5.69 Å². The zero-order chi connectivity index (χ0) is 17.0. The van der Waals surface area contributed by atoms with Gasteiger partial charge in [0, 0.05) is 31.8 Å². The summed E-state index contributed by atoms with van der Waals surface area (Å²) >= 11 is 0. The molecule has 0 spiro atoms. The third-order valence-electron chi connectivity index (χ3n) is 3.42. The molecule has 0 atom stereocenters. The maximum atomic E-state index is 13.0. The van der Waals surface area contributed by atoms with Crippen LogP contribution in [0.3, 0.4) is 0 Å². The molecule has 1 amide bonds. The number of carboxylic acids is 1. The van der Waals surface area contributed by atoms with Gasteiger partial charge >= 0.3 is 5.97 Å². The van der Waals surface area contributed by atoms with Crippen LogP contribution >= 0.6 is 0 Å². The van der Waals surface area contributed by atoms with E-state index < -0.39 is 5.97 Å². The standard InChI is InChI=1S/C16H18FN3O3/c1-11-10-20(13-7-5-12(17)6-8-13)18-15(11)16(23)19(2)9-3-4-14(21)22/h5-8,10H,3-4,9H2,1-2H3,(H,21,22). The van der Waals surface area contributed by atoms with E-state index in [1.54, 1.807) is 32.3 Å². The summed E-state index contributed by atoms with van der Waals surface area (Å²) in [6.07, 6.45) is 2.10. The summed E-state index contributed by atoms with van der Waals surface area (Å²) in [7, 11) is 1.61. The third-order valence-corrected chi connectivity index (χ3v) is 3.42. The Morgan fingerprint density at radius 2 is 1.96 bits per heavy atom. The van der Waals surface area contributed by atoms with Crippen molar-refractivity contribution in [3.8, 4) is 5.69 Å². The number of nitrogens with zero attached hydrogens (tertiary/aromatic N) is 3. The van der Waals surface area contributed by atoms with E-state index >= 15 is 0 Å². The lowest BCUT2D eigenvalue weighted by Gasteiger charge is -2.15. The van der Waals surface area contributed by atoms with Crippen molar-refractivity contribution in [3.63, 3.8) is 0 Å². The number of halogens is 1. The third kappa shape index (κ3) is 4.15. The number of carboxylic acid groups (broad SMARTS) is 1. The molecule has 1 aromatic heterocycles. The molecular formula is C16H18FN3O3. The number of benzene rings is 1. The molecule has 1 N–H and O–H groups in total. The second kappa shape index (κ2) is 7.04. The van der Waals surface area contributed by atoms with Gasteiger partial charge in [0.25, 0.3) is 5.91 Å². The number of aromatic nitrogens is 2. The molecule has 0 saturated heterocycles. The van der Waals surface area contributed by atoms with Gasteiger partial charge in [-0.05, 0) is 37.6 Å². The summed E-state index contributed by atoms with van der Waals surface area (Å²) in [4.78, 5) is 24.3. The summed E-state index contributed by atoms with van der Waals surface area (Å²) in [6.45, 7) is 2.11. The first-order valence-corrected chi connectivity index (χ1v) is 7.18. The van der Waals surface area contributed by atoms with Crippen molar-refractivity contribution in [2.24, 2.45) is 0 Å². The minimum absolute atomic E-state index is 0.0145. The van der Waals surface area contributed by atoms with Crippen molar-refractivity contribution in [2.45, 2.75) is 19.8 Å². The van der Waals surface area contributed by atoms with Crippen LogP contribution in [-0.4, -0.2) is 45.3 Å². The van der Waals surface area contributed by atoms with Gasteiger partial charge in [-0.1, -0.05) is 0 Å². The summed E-state index contributed by atoms with van der Waals surface area (Å²) in [6, 6.07) is 5.80. The van der Waals surface area contributed by atoms with Gasteiger partial charge in [0.2, 0.25) is 0 Å². The molecule has 0 bridgehead atoms. The fourth-order valence-electron chi connectivity index (χ4n) is 2.15. The largest absolute Gasteiger partial charge is 0.481 e. The molecule has 0 fully saturated rings. The van der Waals surface area contributed by atoms with Gasteiger partial charge < -0.3 is 10.0 Å². The summed E-state index contributed by atoms with van der Waals surface area (Å²) < 4.78 is 14.5. The first kappa shape index (κ1) is 16.7. The molecule has 0 saturated carbocycles.